The third kappa shape index (κ3) is 3.78. The first kappa shape index (κ1) is 15.6. The van der Waals surface area contributed by atoms with Crippen molar-refractivity contribution in [3.63, 3.8) is 0 Å². The highest BCUT2D eigenvalue weighted by Gasteiger charge is 2.10. The first-order valence-electron chi connectivity index (χ1n) is 8.46. The summed E-state index contributed by atoms with van der Waals surface area (Å²) in [5.41, 5.74) is 6.22. The molecule has 1 aliphatic rings. The van der Waals surface area contributed by atoms with Crippen LogP contribution in [0.1, 0.15) is 5.56 Å². The largest absolute Gasteiger partial charge is 0.378 e. The molecule has 0 atom stereocenters. The van der Waals surface area contributed by atoms with Crippen LogP contribution < -0.4 is 10.3 Å². The van der Waals surface area contributed by atoms with Gasteiger partial charge in [0.15, 0.2) is 0 Å². The molecule has 5 nitrogen and oxygen atoms in total. The molecule has 0 aliphatic carbocycles. The first-order chi connectivity index (χ1) is 12.4. The molecule has 5 heteroatoms. The van der Waals surface area contributed by atoms with E-state index in [-0.39, 0.29) is 0 Å². The Morgan fingerprint density at radius 1 is 0.960 bits per heavy atom. The quantitative estimate of drug-likeness (QED) is 0.587. The Bertz CT molecular complexity index is 870. The van der Waals surface area contributed by atoms with Crippen LogP contribution in [0.5, 0.6) is 0 Å². The van der Waals surface area contributed by atoms with E-state index in [1.165, 1.54) is 5.69 Å². The molecule has 2 aromatic carbocycles. The third-order valence-corrected chi connectivity index (χ3v) is 4.26. The van der Waals surface area contributed by atoms with Gasteiger partial charge in [-0.25, -0.2) is 4.98 Å². The van der Waals surface area contributed by atoms with Gasteiger partial charge in [0, 0.05) is 24.2 Å². The average Bonchev–Trinajstić information content (AvgIpc) is 2.69. The second-order valence-electron chi connectivity index (χ2n) is 5.95. The minimum Gasteiger partial charge on any atom is -0.378 e. The number of morpholine rings is 1. The van der Waals surface area contributed by atoms with Crippen LogP contribution in [0, 0.1) is 0 Å². The fourth-order valence-corrected chi connectivity index (χ4v) is 2.89. The highest BCUT2D eigenvalue weighted by atomic mass is 16.5. The zero-order chi connectivity index (χ0) is 16.9. The molecular weight excluding hydrogens is 312 g/mol. The molecule has 25 heavy (non-hydrogen) atoms. The lowest BCUT2D eigenvalue weighted by atomic mass is 10.2. The summed E-state index contributed by atoms with van der Waals surface area (Å²) < 4.78 is 5.39. The summed E-state index contributed by atoms with van der Waals surface area (Å²) in [6.07, 6.45) is 1.81. The summed E-state index contributed by atoms with van der Waals surface area (Å²) in [6, 6.07) is 20.4. The highest BCUT2D eigenvalue weighted by molar-refractivity contribution is 5.82. The van der Waals surface area contributed by atoms with Crippen molar-refractivity contribution in [1.82, 2.24) is 4.98 Å². The molecular formula is C20H20N4O. The van der Waals surface area contributed by atoms with Crippen molar-refractivity contribution < 1.29 is 4.74 Å². The Balaban J connectivity index is 1.40. The van der Waals surface area contributed by atoms with Crippen molar-refractivity contribution in [2.75, 3.05) is 36.6 Å². The van der Waals surface area contributed by atoms with Crippen molar-refractivity contribution in [1.29, 1.82) is 0 Å². The molecule has 0 radical (unpaired) electrons. The zero-order valence-corrected chi connectivity index (χ0v) is 13.9. The zero-order valence-electron chi connectivity index (χ0n) is 13.9. The van der Waals surface area contributed by atoms with E-state index in [1.807, 2.05) is 36.4 Å². The number of nitrogens with zero attached hydrogens (tertiary/aromatic N) is 3. The van der Waals surface area contributed by atoms with Crippen molar-refractivity contribution in [2.24, 2.45) is 5.10 Å². The van der Waals surface area contributed by atoms with Crippen LogP contribution in [-0.4, -0.2) is 37.5 Å². The van der Waals surface area contributed by atoms with E-state index in [2.05, 4.69) is 44.7 Å². The van der Waals surface area contributed by atoms with Crippen LogP contribution in [0.15, 0.2) is 65.8 Å². The standard InChI is InChI=1S/C20H20N4O/c1-2-4-19-17(3-1)7-10-20(22-19)23-21-15-16-5-8-18(9-6-16)24-11-13-25-14-12-24/h1-10,15H,11-14H2,(H,22,23). The van der Waals surface area contributed by atoms with Gasteiger partial charge >= 0.3 is 0 Å². The molecule has 126 valence electrons. The number of aromatic nitrogens is 1. The van der Waals surface area contributed by atoms with E-state index in [4.69, 9.17) is 4.74 Å². The van der Waals surface area contributed by atoms with Gasteiger partial charge in [0.1, 0.15) is 5.82 Å². The van der Waals surface area contributed by atoms with E-state index in [0.29, 0.717) is 0 Å². The molecule has 0 saturated carbocycles. The van der Waals surface area contributed by atoms with Gasteiger partial charge in [0.2, 0.25) is 0 Å². The number of nitrogens with one attached hydrogen (secondary N) is 1. The van der Waals surface area contributed by atoms with E-state index in [1.54, 1.807) is 6.21 Å². The van der Waals surface area contributed by atoms with Gasteiger partial charge in [-0.15, -0.1) is 0 Å². The second-order valence-corrected chi connectivity index (χ2v) is 5.95. The van der Waals surface area contributed by atoms with Gasteiger partial charge in [-0.1, -0.05) is 30.3 Å². The van der Waals surface area contributed by atoms with Gasteiger partial charge in [0.05, 0.1) is 24.9 Å². The van der Waals surface area contributed by atoms with E-state index < -0.39 is 0 Å². The lowest BCUT2D eigenvalue weighted by molar-refractivity contribution is 0.122. The maximum absolute atomic E-state index is 5.39. The Labute approximate surface area is 146 Å². The fraction of sp³-hybridized carbons (Fsp3) is 0.200. The SMILES string of the molecule is C(=NNc1ccc2ccccc2n1)c1ccc(N2CCOCC2)cc1. The summed E-state index contributed by atoms with van der Waals surface area (Å²) in [5, 5.41) is 5.41. The topological polar surface area (TPSA) is 49.8 Å². The van der Waals surface area contributed by atoms with Crippen LogP contribution in [0.25, 0.3) is 10.9 Å². The number of pyridine rings is 1. The number of hydrogen-bond donors (Lipinski definition) is 1. The van der Waals surface area contributed by atoms with E-state index >= 15 is 0 Å². The number of ether oxygens (including phenoxy) is 1. The molecule has 4 rings (SSSR count). The summed E-state index contributed by atoms with van der Waals surface area (Å²) in [7, 11) is 0. The summed E-state index contributed by atoms with van der Waals surface area (Å²) in [6.45, 7) is 3.49. The monoisotopic (exact) mass is 332 g/mol. The Kier molecular flexibility index (Phi) is 4.57. The van der Waals surface area contributed by atoms with Gasteiger partial charge in [-0.05, 0) is 35.9 Å². The predicted molar refractivity (Wildman–Crippen MR) is 102 cm³/mol. The maximum atomic E-state index is 5.39. The van der Waals surface area contributed by atoms with Crippen LogP contribution in [0.2, 0.25) is 0 Å². The summed E-state index contributed by atoms with van der Waals surface area (Å²) >= 11 is 0. The van der Waals surface area contributed by atoms with Gasteiger partial charge in [0.25, 0.3) is 0 Å². The predicted octanol–water partition coefficient (Wildman–Crippen LogP) is 3.52. The van der Waals surface area contributed by atoms with Crippen LogP contribution in [-0.2, 0) is 4.74 Å². The average molecular weight is 332 g/mol. The molecule has 0 amide bonds. The van der Waals surface area contributed by atoms with Crippen molar-refractivity contribution in [3.8, 4) is 0 Å². The Morgan fingerprint density at radius 3 is 2.60 bits per heavy atom. The molecule has 1 aliphatic heterocycles. The number of benzene rings is 2. The maximum Gasteiger partial charge on any atom is 0.146 e. The highest BCUT2D eigenvalue weighted by Crippen LogP contribution is 2.16. The van der Waals surface area contributed by atoms with Gasteiger partial charge < -0.3 is 9.64 Å². The lowest BCUT2D eigenvalue weighted by Crippen LogP contribution is -2.36. The van der Waals surface area contributed by atoms with Crippen LogP contribution in [0.4, 0.5) is 11.5 Å². The normalized spacial score (nSPS) is 15.0. The van der Waals surface area contributed by atoms with Crippen LogP contribution in [0.3, 0.4) is 0 Å². The first-order valence-corrected chi connectivity index (χ1v) is 8.46. The van der Waals surface area contributed by atoms with Gasteiger partial charge in [-0.3, -0.25) is 5.43 Å². The fourth-order valence-electron chi connectivity index (χ4n) is 2.89. The summed E-state index contributed by atoms with van der Waals surface area (Å²) in [5.74, 6) is 0.736. The molecule has 2 heterocycles. The molecule has 3 aromatic rings. The van der Waals surface area contributed by atoms with E-state index in [0.717, 1.165) is 48.6 Å². The third-order valence-electron chi connectivity index (χ3n) is 4.26. The number of para-hydroxylation sites is 1. The Morgan fingerprint density at radius 2 is 1.76 bits per heavy atom. The number of hydrogen-bond acceptors (Lipinski definition) is 5. The Hall–Kier alpha value is -2.92. The number of rotatable bonds is 4. The molecule has 1 N–H and O–H groups in total. The number of hydrazone groups is 1. The number of anilines is 2. The minimum atomic E-state index is 0.736. The van der Waals surface area contributed by atoms with Crippen molar-refractivity contribution in [3.05, 3.63) is 66.2 Å². The summed E-state index contributed by atoms with van der Waals surface area (Å²) in [4.78, 5) is 6.87. The van der Waals surface area contributed by atoms with Crippen molar-refractivity contribution >= 4 is 28.6 Å². The molecule has 0 bridgehead atoms. The second kappa shape index (κ2) is 7.32. The molecule has 0 spiro atoms. The number of fused-ring (bicyclic) bond motifs is 1. The van der Waals surface area contributed by atoms with Gasteiger partial charge in [-0.2, -0.15) is 5.10 Å². The smallest absolute Gasteiger partial charge is 0.146 e. The molecule has 0 unspecified atom stereocenters. The lowest BCUT2D eigenvalue weighted by Gasteiger charge is -2.28. The minimum absolute atomic E-state index is 0.736. The molecule has 1 aromatic heterocycles. The molecule has 1 saturated heterocycles. The van der Waals surface area contributed by atoms with Crippen LogP contribution >= 0.6 is 0 Å². The molecule has 1 fully saturated rings. The van der Waals surface area contributed by atoms with E-state index in [9.17, 15) is 0 Å². The van der Waals surface area contributed by atoms with Crippen molar-refractivity contribution in [2.45, 2.75) is 0 Å².